The molecule has 0 aliphatic carbocycles. The van der Waals surface area contributed by atoms with E-state index in [1.165, 1.54) is 5.57 Å². The largest absolute Gasteiger partial charge is 0.379 e. The number of dihydropyridines is 1. The molecule has 160 valence electrons. The SMILES string of the molecule is CC1CN(C2=NC(N3CCOCC3)C3=C(NCC=C3)N2c2ccncc2)CC(C)O1. The van der Waals surface area contributed by atoms with E-state index in [9.17, 15) is 0 Å². The molecule has 0 aromatic carbocycles. The molecular formula is C22H30N6O2. The molecule has 30 heavy (non-hydrogen) atoms. The fourth-order valence-electron chi connectivity index (χ4n) is 4.68. The van der Waals surface area contributed by atoms with Gasteiger partial charge in [-0.15, -0.1) is 0 Å². The van der Waals surface area contributed by atoms with Crippen molar-refractivity contribution in [2.24, 2.45) is 4.99 Å². The van der Waals surface area contributed by atoms with Crippen LogP contribution < -0.4 is 10.2 Å². The molecule has 0 saturated carbocycles. The van der Waals surface area contributed by atoms with Crippen molar-refractivity contribution >= 4 is 11.6 Å². The molecule has 0 spiro atoms. The van der Waals surface area contributed by atoms with E-state index in [-0.39, 0.29) is 18.4 Å². The molecule has 5 rings (SSSR count). The van der Waals surface area contributed by atoms with Gasteiger partial charge in [-0.1, -0.05) is 12.2 Å². The summed E-state index contributed by atoms with van der Waals surface area (Å²) >= 11 is 0. The summed E-state index contributed by atoms with van der Waals surface area (Å²) in [6, 6.07) is 4.09. The van der Waals surface area contributed by atoms with Crippen molar-refractivity contribution in [2.45, 2.75) is 32.2 Å². The van der Waals surface area contributed by atoms with Gasteiger partial charge in [0.25, 0.3) is 0 Å². The predicted molar refractivity (Wildman–Crippen MR) is 116 cm³/mol. The molecule has 1 aromatic heterocycles. The monoisotopic (exact) mass is 410 g/mol. The first-order valence-electron chi connectivity index (χ1n) is 10.9. The van der Waals surface area contributed by atoms with Gasteiger partial charge in [0.15, 0.2) is 0 Å². The zero-order valence-corrected chi connectivity index (χ0v) is 17.7. The summed E-state index contributed by atoms with van der Waals surface area (Å²) in [6.07, 6.45) is 8.38. The maximum atomic E-state index is 6.01. The summed E-state index contributed by atoms with van der Waals surface area (Å²) < 4.78 is 11.6. The average molecular weight is 411 g/mol. The molecule has 8 nitrogen and oxygen atoms in total. The minimum Gasteiger partial charge on any atom is -0.379 e. The Labute approximate surface area is 177 Å². The van der Waals surface area contributed by atoms with Crippen LogP contribution in [0, 0.1) is 0 Å². The van der Waals surface area contributed by atoms with Crippen molar-refractivity contribution in [1.82, 2.24) is 20.1 Å². The Morgan fingerprint density at radius 3 is 2.53 bits per heavy atom. The third-order valence-corrected chi connectivity index (χ3v) is 5.91. The van der Waals surface area contributed by atoms with Gasteiger partial charge in [-0.25, -0.2) is 4.99 Å². The van der Waals surface area contributed by atoms with Crippen LogP contribution in [0.4, 0.5) is 5.69 Å². The number of rotatable bonds is 2. The maximum Gasteiger partial charge on any atom is 0.209 e. The quantitative estimate of drug-likeness (QED) is 0.791. The summed E-state index contributed by atoms with van der Waals surface area (Å²) in [7, 11) is 0. The highest BCUT2D eigenvalue weighted by Crippen LogP contribution is 2.32. The van der Waals surface area contributed by atoms with Crippen LogP contribution in [0.5, 0.6) is 0 Å². The third-order valence-electron chi connectivity index (χ3n) is 5.91. The highest BCUT2D eigenvalue weighted by Gasteiger charge is 2.38. The van der Waals surface area contributed by atoms with E-state index in [0.29, 0.717) is 0 Å². The van der Waals surface area contributed by atoms with E-state index in [1.54, 1.807) is 0 Å². The molecule has 0 radical (unpaired) electrons. The molecule has 2 fully saturated rings. The molecule has 1 N–H and O–H groups in total. The molecule has 4 aliphatic rings. The second-order valence-corrected chi connectivity index (χ2v) is 8.24. The number of nitrogens with zero attached hydrogens (tertiary/aromatic N) is 5. The van der Waals surface area contributed by atoms with Gasteiger partial charge in [0, 0.05) is 50.7 Å². The Kier molecular flexibility index (Phi) is 5.45. The van der Waals surface area contributed by atoms with E-state index >= 15 is 0 Å². The van der Waals surface area contributed by atoms with E-state index in [2.05, 4.69) is 51.0 Å². The number of morpholine rings is 2. The van der Waals surface area contributed by atoms with Crippen LogP contribution in [-0.2, 0) is 9.47 Å². The van der Waals surface area contributed by atoms with Crippen LogP contribution in [-0.4, -0.2) is 85.1 Å². The van der Waals surface area contributed by atoms with Crippen molar-refractivity contribution < 1.29 is 9.47 Å². The number of guanidine groups is 1. The Morgan fingerprint density at radius 1 is 1.07 bits per heavy atom. The van der Waals surface area contributed by atoms with Gasteiger partial charge < -0.3 is 19.7 Å². The third kappa shape index (κ3) is 3.71. The van der Waals surface area contributed by atoms with Crippen molar-refractivity contribution in [1.29, 1.82) is 0 Å². The number of hydrogen-bond donors (Lipinski definition) is 1. The second kappa shape index (κ2) is 8.37. The summed E-state index contributed by atoms with van der Waals surface area (Å²) in [5.74, 6) is 2.08. The van der Waals surface area contributed by atoms with Crippen molar-refractivity contribution in [3.8, 4) is 0 Å². The summed E-state index contributed by atoms with van der Waals surface area (Å²) in [5, 5.41) is 3.63. The minimum atomic E-state index is -0.0190. The summed E-state index contributed by atoms with van der Waals surface area (Å²) in [5.41, 5.74) is 2.27. The number of ether oxygens (including phenoxy) is 2. The molecule has 1 aromatic rings. The number of anilines is 1. The van der Waals surface area contributed by atoms with Crippen molar-refractivity contribution in [3.63, 3.8) is 0 Å². The summed E-state index contributed by atoms with van der Waals surface area (Å²) in [4.78, 5) is 16.6. The van der Waals surface area contributed by atoms with Gasteiger partial charge in [0.05, 0.1) is 31.1 Å². The van der Waals surface area contributed by atoms with E-state index in [0.717, 1.165) is 63.4 Å². The van der Waals surface area contributed by atoms with Crippen LogP contribution in [0.25, 0.3) is 0 Å². The van der Waals surface area contributed by atoms with Gasteiger partial charge in [-0.05, 0) is 26.0 Å². The number of aromatic nitrogens is 1. The lowest BCUT2D eigenvalue weighted by Crippen LogP contribution is -2.58. The lowest BCUT2D eigenvalue weighted by Gasteiger charge is -2.46. The first-order chi connectivity index (χ1) is 14.7. The van der Waals surface area contributed by atoms with Gasteiger partial charge in [0.2, 0.25) is 5.96 Å². The van der Waals surface area contributed by atoms with E-state index < -0.39 is 0 Å². The topological polar surface area (TPSA) is 65.5 Å². The Hall–Kier alpha value is -2.42. The van der Waals surface area contributed by atoms with Gasteiger partial charge in [0.1, 0.15) is 12.0 Å². The van der Waals surface area contributed by atoms with E-state index in [1.807, 2.05) is 24.5 Å². The highest BCUT2D eigenvalue weighted by atomic mass is 16.5. The Balaban J connectivity index is 1.60. The molecule has 4 aliphatic heterocycles. The molecule has 0 bridgehead atoms. The van der Waals surface area contributed by atoms with Crippen LogP contribution in [0.15, 0.2) is 53.1 Å². The lowest BCUT2D eigenvalue weighted by atomic mass is 10.1. The van der Waals surface area contributed by atoms with E-state index in [4.69, 9.17) is 14.5 Å². The fraction of sp³-hybridized carbons (Fsp3) is 0.545. The molecule has 8 heteroatoms. The Bertz CT molecular complexity index is 838. The smallest absolute Gasteiger partial charge is 0.209 e. The zero-order chi connectivity index (χ0) is 20.5. The van der Waals surface area contributed by atoms with Crippen LogP contribution in [0.3, 0.4) is 0 Å². The highest BCUT2D eigenvalue weighted by molar-refractivity contribution is 6.00. The second-order valence-electron chi connectivity index (χ2n) is 8.24. The molecule has 2 saturated heterocycles. The normalized spacial score (nSPS) is 30.1. The number of pyridine rings is 1. The zero-order valence-electron chi connectivity index (χ0n) is 17.7. The predicted octanol–water partition coefficient (Wildman–Crippen LogP) is 1.40. The molecule has 5 heterocycles. The van der Waals surface area contributed by atoms with Gasteiger partial charge >= 0.3 is 0 Å². The molecule has 3 atom stereocenters. The van der Waals surface area contributed by atoms with Crippen molar-refractivity contribution in [2.75, 3.05) is 50.8 Å². The fourth-order valence-corrected chi connectivity index (χ4v) is 4.68. The van der Waals surface area contributed by atoms with Crippen molar-refractivity contribution in [3.05, 3.63) is 48.1 Å². The standard InChI is InChI=1S/C22H30N6O2/c1-16-14-27(15-17(2)30-16)22-25-21(26-10-12-29-13-11-26)19-4-3-7-24-20(19)28(22)18-5-8-23-9-6-18/h3-6,8-9,16-17,21,24H,7,10-15H2,1-2H3. The molecule has 3 unspecified atom stereocenters. The first-order valence-corrected chi connectivity index (χ1v) is 10.9. The number of nitrogens with one attached hydrogen (secondary N) is 1. The number of hydrogen-bond acceptors (Lipinski definition) is 8. The Morgan fingerprint density at radius 2 is 1.80 bits per heavy atom. The van der Waals surface area contributed by atoms with Gasteiger partial charge in [-0.2, -0.15) is 0 Å². The molecular weight excluding hydrogens is 380 g/mol. The molecule has 0 amide bonds. The average Bonchev–Trinajstić information content (AvgIpc) is 2.78. The minimum absolute atomic E-state index is 0.0190. The van der Waals surface area contributed by atoms with Gasteiger partial charge in [-0.3, -0.25) is 14.8 Å². The van der Waals surface area contributed by atoms with Crippen LogP contribution >= 0.6 is 0 Å². The first kappa shape index (κ1) is 19.5. The number of aliphatic imine (C=N–C) groups is 1. The summed E-state index contributed by atoms with van der Waals surface area (Å²) in [6.45, 7) is 9.98. The maximum absolute atomic E-state index is 6.01. The van der Waals surface area contributed by atoms with Crippen LogP contribution in [0.2, 0.25) is 0 Å². The lowest BCUT2D eigenvalue weighted by molar-refractivity contribution is -0.0488. The van der Waals surface area contributed by atoms with Crippen LogP contribution in [0.1, 0.15) is 13.8 Å².